The quantitative estimate of drug-likeness (QED) is 0.121. The zero-order valence-corrected chi connectivity index (χ0v) is 22.2. The van der Waals surface area contributed by atoms with Crippen LogP contribution in [0.5, 0.6) is 5.75 Å². The molecule has 4 N–H and O–H groups in total. The average Bonchev–Trinajstić information content (AvgIpc) is 2.93. The molecule has 3 aromatic carbocycles. The fraction of sp³-hybridized carbons (Fsp3) is 0.207. The molecule has 3 aromatic rings. The Morgan fingerprint density at radius 2 is 1.69 bits per heavy atom. The molecule has 0 aliphatic rings. The van der Waals surface area contributed by atoms with Gasteiger partial charge in [-0.15, -0.1) is 0 Å². The highest BCUT2D eigenvalue weighted by atomic mass is 19.4. The molecule has 0 radical (unpaired) electrons. The van der Waals surface area contributed by atoms with E-state index in [1.165, 1.54) is 24.5 Å². The van der Waals surface area contributed by atoms with E-state index >= 15 is 0 Å². The van der Waals surface area contributed by atoms with E-state index in [0.29, 0.717) is 11.6 Å². The molecule has 0 aliphatic heterocycles. The summed E-state index contributed by atoms with van der Waals surface area (Å²) >= 11 is 0. The molecule has 7 nitrogen and oxygen atoms in total. The number of alkyl halides is 3. The van der Waals surface area contributed by atoms with E-state index in [1.807, 2.05) is 37.4 Å². The van der Waals surface area contributed by atoms with Crippen molar-refractivity contribution >= 4 is 35.5 Å². The number of aldehydes is 1. The van der Waals surface area contributed by atoms with E-state index < -0.39 is 11.7 Å². The molecule has 3 rings (SSSR count). The normalized spacial score (nSPS) is 11.8. The first kappa shape index (κ1) is 30.6. The number of benzene rings is 3. The molecule has 0 unspecified atom stereocenters. The second-order valence-electron chi connectivity index (χ2n) is 8.38. The maximum Gasteiger partial charge on any atom is 0.416 e. The van der Waals surface area contributed by atoms with Crippen LogP contribution >= 0.6 is 0 Å². The van der Waals surface area contributed by atoms with Gasteiger partial charge in [0.25, 0.3) is 0 Å². The first-order valence-corrected chi connectivity index (χ1v) is 11.9. The lowest BCUT2D eigenvalue weighted by Gasteiger charge is -2.13. The summed E-state index contributed by atoms with van der Waals surface area (Å²) in [5.41, 5.74) is 9.29. The summed E-state index contributed by atoms with van der Waals surface area (Å²) in [7, 11) is 3.46. The minimum Gasteiger partial charge on any atom is -0.497 e. The van der Waals surface area contributed by atoms with Gasteiger partial charge in [-0.3, -0.25) is 4.79 Å². The molecular formula is C29H32F3N5O2. The maximum atomic E-state index is 12.4. The molecule has 206 valence electrons. The first-order chi connectivity index (χ1) is 18.6. The van der Waals surface area contributed by atoms with Crippen molar-refractivity contribution in [3.63, 3.8) is 0 Å². The Morgan fingerprint density at radius 3 is 2.23 bits per heavy atom. The van der Waals surface area contributed by atoms with E-state index in [-0.39, 0.29) is 5.84 Å². The Labute approximate surface area is 226 Å². The number of allylic oxidation sites excluding steroid dienone is 1. The van der Waals surface area contributed by atoms with Gasteiger partial charge in [0, 0.05) is 30.2 Å². The fourth-order valence-electron chi connectivity index (χ4n) is 3.23. The van der Waals surface area contributed by atoms with Gasteiger partial charge >= 0.3 is 6.18 Å². The minimum atomic E-state index is -4.36. The molecule has 0 saturated carbocycles. The van der Waals surface area contributed by atoms with Crippen molar-refractivity contribution in [1.82, 2.24) is 0 Å². The molecule has 0 saturated heterocycles. The highest BCUT2D eigenvalue weighted by molar-refractivity contribution is 6.01. The summed E-state index contributed by atoms with van der Waals surface area (Å²) < 4.78 is 42.5. The molecule has 0 aliphatic carbocycles. The number of carbonyl (C=O) groups is 1. The van der Waals surface area contributed by atoms with E-state index in [2.05, 4.69) is 34.5 Å². The number of carbonyl (C=O) groups excluding carboxylic acids is 1. The zero-order valence-electron chi connectivity index (χ0n) is 22.2. The number of rotatable bonds is 9. The van der Waals surface area contributed by atoms with Gasteiger partial charge in [0.15, 0.2) is 0 Å². The largest absolute Gasteiger partial charge is 0.497 e. The van der Waals surface area contributed by atoms with Gasteiger partial charge in [-0.05, 0) is 84.3 Å². The van der Waals surface area contributed by atoms with Crippen molar-refractivity contribution in [2.45, 2.75) is 25.9 Å². The summed E-state index contributed by atoms with van der Waals surface area (Å²) in [6.07, 6.45) is 0.648. The van der Waals surface area contributed by atoms with Crippen LogP contribution < -0.4 is 21.1 Å². The number of anilines is 2. The number of hydrogen-bond acceptors (Lipinski definition) is 5. The summed E-state index contributed by atoms with van der Waals surface area (Å²) in [6, 6.07) is 17.6. The Kier molecular flexibility index (Phi) is 11.8. The second-order valence-corrected chi connectivity index (χ2v) is 8.38. The van der Waals surface area contributed by atoms with Gasteiger partial charge in [-0.1, -0.05) is 13.8 Å². The number of ether oxygens (including phenoxy) is 1. The molecule has 39 heavy (non-hydrogen) atoms. The highest BCUT2D eigenvalue weighted by Crippen LogP contribution is 2.30. The van der Waals surface area contributed by atoms with E-state index in [0.717, 1.165) is 46.7 Å². The number of nitrogens with two attached hydrogens (primary N) is 1. The van der Waals surface area contributed by atoms with Crippen LogP contribution in [0, 0.1) is 0 Å². The average molecular weight is 540 g/mol. The lowest BCUT2D eigenvalue weighted by molar-refractivity contribution is -0.137. The third-order valence-electron chi connectivity index (χ3n) is 5.36. The van der Waals surface area contributed by atoms with Crippen molar-refractivity contribution in [2.24, 2.45) is 15.7 Å². The standard InChI is InChI=1S/C16H15F3N4.C13H17NO2/c1-21-13-6-2-11(3-7-13)15(20)23-10-22-14-8-4-12(5-9-14)16(17,18)19;1-10(2)12-9-11(16-3)5-6-13(12)14-7-4-8-15/h2-10,21H,1H3,(H2,20,22,23);4-10,14H,1-3H3/b;7-4+. The first-order valence-electron chi connectivity index (χ1n) is 11.9. The highest BCUT2D eigenvalue weighted by Gasteiger charge is 2.29. The Hall–Kier alpha value is -4.60. The molecule has 0 amide bonds. The Balaban J connectivity index is 0.000000293. The van der Waals surface area contributed by atoms with E-state index in [4.69, 9.17) is 10.5 Å². The van der Waals surface area contributed by atoms with Gasteiger partial charge < -0.3 is 21.1 Å². The number of nitrogens with zero attached hydrogens (tertiary/aromatic N) is 2. The fourth-order valence-corrected chi connectivity index (χ4v) is 3.23. The zero-order chi connectivity index (χ0) is 28.8. The van der Waals surface area contributed by atoms with Crippen LogP contribution in [0.25, 0.3) is 0 Å². The van der Waals surface area contributed by atoms with Crippen LogP contribution in [0.1, 0.15) is 36.5 Å². The maximum absolute atomic E-state index is 12.4. The van der Waals surface area contributed by atoms with Gasteiger partial charge in [0.1, 0.15) is 24.2 Å². The van der Waals surface area contributed by atoms with Crippen LogP contribution in [-0.2, 0) is 11.0 Å². The lowest BCUT2D eigenvalue weighted by atomic mass is 10.0. The number of nitrogens with one attached hydrogen (secondary N) is 2. The van der Waals surface area contributed by atoms with Crippen LogP contribution in [-0.4, -0.2) is 32.6 Å². The Bertz CT molecular complexity index is 1280. The monoisotopic (exact) mass is 539 g/mol. The van der Waals surface area contributed by atoms with Gasteiger partial charge in [-0.25, -0.2) is 9.98 Å². The third kappa shape index (κ3) is 9.99. The van der Waals surface area contributed by atoms with Crippen molar-refractivity contribution in [2.75, 3.05) is 24.8 Å². The minimum absolute atomic E-state index is 0.267. The van der Waals surface area contributed by atoms with Gasteiger partial charge in [0.2, 0.25) is 0 Å². The molecular weight excluding hydrogens is 507 g/mol. The van der Waals surface area contributed by atoms with Crippen LogP contribution in [0.3, 0.4) is 0 Å². The summed E-state index contributed by atoms with van der Waals surface area (Å²) in [5, 5.41) is 6.07. The Morgan fingerprint density at radius 1 is 1.03 bits per heavy atom. The summed E-state index contributed by atoms with van der Waals surface area (Å²) in [5.74, 6) is 1.50. The summed E-state index contributed by atoms with van der Waals surface area (Å²) in [6.45, 7) is 4.23. The number of aliphatic imine (C=N–C) groups is 2. The van der Waals surface area contributed by atoms with Crippen LogP contribution in [0.4, 0.5) is 30.2 Å². The van der Waals surface area contributed by atoms with E-state index in [1.54, 1.807) is 25.4 Å². The topological polar surface area (TPSA) is 101 Å². The number of halogens is 3. The molecule has 0 atom stereocenters. The van der Waals surface area contributed by atoms with Gasteiger partial charge in [-0.2, -0.15) is 13.2 Å². The SMILES string of the molecule is CNc1ccc(C(N)=NC=Nc2ccc(C(F)(F)F)cc2)cc1.COc1ccc(N/C=C/C=O)c(C(C)C)c1. The van der Waals surface area contributed by atoms with Crippen molar-refractivity contribution in [1.29, 1.82) is 0 Å². The van der Waals surface area contributed by atoms with Crippen LogP contribution in [0.2, 0.25) is 0 Å². The third-order valence-corrected chi connectivity index (χ3v) is 5.36. The van der Waals surface area contributed by atoms with E-state index in [9.17, 15) is 18.0 Å². The predicted octanol–water partition coefficient (Wildman–Crippen LogP) is 6.76. The number of hydrogen-bond donors (Lipinski definition) is 3. The number of amidine groups is 1. The van der Waals surface area contributed by atoms with Crippen LogP contribution in [0.15, 0.2) is 89.0 Å². The summed E-state index contributed by atoms with van der Waals surface area (Å²) in [4.78, 5) is 18.1. The molecule has 0 bridgehead atoms. The molecule has 0 aromatic heterocycles. The van der Waals surface area contributed by atoms with Crippen molar-refractivity contribution in [3.8, 4) is 5.75 Å². The van der Waals surface area contributed by atoms with Crippen molar-refractivity contribution in [3.05, 3.63) is 95.7 Å². The second kappa shape index (κ2) is 15.0. The lowest BCUT2D eigenvalue weighted by Crippen LogP contribution is -2.13. The predicted molar refractivity (Wildman–Crippen MR) is 152 cm³/mol. The van der Waals surface area contributed by atoms with Gasteiger partial charge in [0.05, 0.1) is 18.4 Å². The molecule has 0 heterocycles. The smallest absolute Gasteiger partial charge is 0.416 e. The van der Waals surface area contributed by atoms with Crippen molar-refractivity contribution < 1.29 is 22.7 Å². The number of methoxy groups -OCH3 is 1. The molecule has 0 spiro atoms. The molecule has 0 fully saturated rings. The molecule has 10 heteroatoms.